The minimum Gasteiger partial charge on any atom is -0.390 e. The smallest absolute Gasteiger partial charge is 0.171 e. The van der Waals surface area contributed by atoms with Crippen LogP contribution in [-0.2, 0) is 19.6 Å². The number of rotatable bonds is 9. The van der Waals surface area contributed by atoms with Crippen LogP contribution in [0.25, 0.3) is 46.1 Å². The summed E-state index contributed by atoms with van der Waals surface area (Å²) in [6.07, 6.45) is 16.7. The van der Waals surface area contributed by atoms with Gasteiger partial charge in [-0.3, -0.25) is 0 Å². The van der Waals surface area contributed by atoms with E-state index in [1.54, 1.807) is 0 Å². The first-order valence-corrected chi connectivity index (χ1v) is 12.8. The number of aryl methyl sites for hydroxylation is 1. The molecule has 0 fully saturated rings. The van der Waals surface area contributed by atoms with Gasteiger partial charge in [-0.15, -0.1) is 0 Å². The Morgan fingerprint density at radius 1 is 0.622 bits per heavy atom. The fraction of sp³-hybridized carbons (Fsp3) is 0.188. The van der Waals surface area contributed by atoms with E-state index in [9.17, 15) is 0 Å². The molecule has 5 rings (SSSR count). The minimum atomic E-state index is 0.133. The van der Waals surface area contributed by atoms with Crippen molar-refractivity contribution in [2.45, 2.75) is 26.6 Å². The number of aliphatic hydroxyl groups is 2. The van der Waals surface area contributed by atoms with Gasteiger partial charge in [-0.05, 0) is 41.3 Å². The Bertz CT molecular complexity index is 1450. The van der Waals surface area contributed by atoms with Crippen molar-refractivity contribution in [1.29, 1.82) is 0 Å². The Labute approximate surface area is 217 Å². The largest absolute Gasteiger partial charge is 0.390 e. The molecule has 5 heteroatoms. The average molecular weight is 492 g/mol. The third-order valence-electron chi connectivity index (χ3n) is 6.76. The van der Waals surface area contributed by atoms with E-state index in [0.29, 0.717) is 13.1 Å². The Kier molecular flexibility index (Phi) is 7.54. The summed E-state index contributed by atoms with van der Waals surface area (Å²) in [5.74, 6) is 0. The molecule has 2 aromatic carbocycles. The summed E-state index contributed by atoms with van der Waals surface area (Å²) in [5.41, 5.74) is 7.08. The van der Waals surface area contributed by atoms with E-state index in [4.69, 9.17) is 10.2 Å². The molecule has 0 saturated heterocycles. The van der Waals surface area contributed by atoms with Gasteiger partial charge in [-0.1, -0.05) is 48.6 Å². The van der Waals surface area contributed by atoms with E-state index in [1.807, 2.05) is 33.9 Å². The van der Waals surface area contributed by atoms with Crippen LogP contribution in [0.2, 0.25) is 0 Å². The fourth-order valence-corrected chi connectivity index (χ4v) is 4.92. The highest BCUT2D eigenvalue weighted by atomic mass is 16.3. The molecule has 37 heavy (non-hydrogen) atoms. The molecule has 0 atom stereocenters. The molecule has 5 nitrogen and oxygen atoms in total. The van der Waals surface area contributed by atoms with E-state index < -0.39 is 0 Å². The molecule has 3 heterocycles. The Balaban J connectivity index is 1.58. The Hall–Kier alpha value is -4.06. The first-order valence-electron chi connectivity index (χ1n) is 12.8. The lowest BCUT2D eigenvalue weighted by Gasteiger charge is -2.03. The van der Waals surface area contributed by atoms with Crippen LogP contribution in [0.1, 0.15) is 29.2 Å². The molecule has 0 bridgehead atoms. The summed E-state index contributed by atoms with van der Waals surface area (Å²) in [5, 5.41) is 20.8. The van der Waals surface area contributed by atoms with Gasteiger partial charge in [0.15, 0.2) is 37.9 Å². The van der Waals surface area contributed by atoms with Gasteiger partial charge >= 0.3 is 0 Å². The van der Waals surface area contributed by atoms with Crippen LogP contribution < -0.4 is 9.13 Å². The van der Waals surface area contributed by atoms with Crippen LogP contribution in [0.15, 0.2) is 85.5 Å². The summed E-state index contributed by atoms with van der Waals surface area (Å²) in [4.78, 5) is 0. The topological polar surface area (TPSA) is 53.2 Å². The van der Waals surface area contributed by atoms with E-state index in [-0.39, 0.29) is 13.2 Å². The number of aliphatic hydroxyl groups excluding tert-OH is 2. The molecule has 0 amide bonds. The molecule has 2 N–H and O–H groups in total. The van der Waals surface area contributed by atoms with Crippen molar-refractivity contribution >= 4 is 46.1 Å². The standard InChI is InChI=1S/C32H33N3O2/c1-2-35-29-7-3-5-27(11-9-25-13-17-33(18-14-25)21-23-36)31(29)32-28(6-4-8-30(32)35)12-10-26-15-19-34(20-16-26)22-24-37/h3-20,36-37H,2,21-24H2,1H3/q+2. The highest BCUT2D eigenvalue weighted by molar-refractivity contribution is 6.15. The molecular weight excluding hydrogens is 458 g/mol. The highest BCUT2D eigenvalue weighted by Crippen LogP contribution is 2.35. The predicted molar refractivity (Wildman–Crippen MR) is 150 cm³/mol. The maximum absolute atomic E-state index is 9.16. The third kappa shape index (κ3) is 5.24. The lowest BCUT2D eigenvalue weighted by atomic mass is 10.0. The zero-order chi connectivity index (χ0) is 25.6. The van der Waals surface area contributed by atoms with Crippen molar-refractivity contribution in [2.24, 2.45) is 0 Å². The zero-order valence-corrected chi connectivity index (χ0v) is 21.2. The number of hydrogen-bond donors (Lipinski definition) is 2. The number of fused-ring (bicyclic) bond motifs is 3. The lowest BCUT2D eigenvalue weighted by molar-refractivity contribution is -0.698. The normalized spacial score (nSPS) is 12.0. The maximum atomic E-state index is 9.16. The number of pyridine rings is 2. The van der Waals surface area contributed by atoms with Crippen molar-refractivity contribution in [2.75, 3.05) is 13.2 Å². The van der Waals surface area contributed by atoms with Gasteiger partial charge in [0, 0.05) is 52.6 Å². The second-order valence-electron chi connectivity index (χ2n) is 9.08. The molecule has 5 aromatic rings. The van der Waals surface area contributed by atoms with Crippen LogP contribution in [-0.4, -0.2) is 28.0 Å². The van der Waals surface area contributed by atoms with Crippen LogP contribution in [0.4, 0.5) is 0 Å². The summed E-state index contributed by atoms with van der Waals surface area (Å²) < 4.78 is 6.34. The molecule has 3 aromatic heterocycles. The minimum absolute atomic E-state index is 0.133. The van der Waals surface area contributed by atoms with Gasteiger partial charge in [0.1, 0.15) is 13.2 Å². The van der Waals surface area contributed by atoms with Crippen LogP contribution in [0, 0.1) is 0 Å². The molecule has 0 unspecified atom stereocenters. The zero-order valence-electron chi connectivity index (χ0n) is 21.2. The molecule has 186 valence electrons. The molecule has 0 saturated carbocycles. The predicted octanol–water partition coefficient (Wildman–Crippen LogP) is 4.71. The SMILES string of the molecule is CCn1c2cccc(/C=C\c3cc[n+](CCO)cc3)c2c2c(/C=C/c3cc[n+](CCO)cc3)cccc21. The number of nitrogens with zero attached hydrogens (tertiary/aromatic N) is 3. The first kappa shape index (κ1) is 24.6. The lowest BCUT2D eigenvalue weighted by Crippen LogP contribution is -2.34. The summed E-state index contributed by atoms with van der Waals surface area (Å²) in [6, 6.07) is 21.3. The molecule has 0 aliphatic carbocycles. The van der Waals surface area contributed by atoms with Gasteiger partial charge in [0.05, 0.1) is 0 Å². The van der Waals surface area contributed by atoms with Crippen LogP contribution in [0.3, 0.4) is 0 Å². The maximum Gasteiger partial charge on any atom is 0.171 e. The van der Waals surface area contributed by atoms with Crippen LogP contribution in [0.5, 0.6) is 0 Å². The monoisotopic (exact) mass is 491 g/mol. The van der Waals surface area contributed by atoms with Gasteiger partial charge in [0.2, 0.25) is 0 Å². The summed E-state index contributed by atoms with van der Waals surface area (Å²) >= 11 is 0. The van der Waals surface area contributed by atoms with Gasteiger partial charge in [-0.2, -0.15) is 0 Å². The molecule has 0 aliphatic rings. The van der Waals surface area contributed by atoms with Crippen molar-refractivity contribution < 1.29 is 19.3 Å². The average Bonchev–Trinajstić information content (AvgIpc) is 3.27. The van der Waals surface area contributed by atoms with Gasteiger partial charge < -0.3 is 14.8 Å². The molecule has 0 radical (unpaired) electrons. The van der Waals surface area contributed by atoms with Crippen LogP contribution >= 0.6 is 0 Å². The van der Waals surface area contributed by atoms with Crippen molar-refractivity contribution in [3.8, 4) is 0 Å². The molecule has 0 aliphatic heterocycles. The number of benzene rings is 2. The highest BCUT2D eigenvalue weighted by Gasteiger charge is 2.14. The van der Waals surface area contributed by atoms with E-state index in [0.717, 1.165) is 17.7 Å². The Morgan fingerprint density at radius 3 is 1.43 bits per heavy atom. The number of aromatic nitrogens is 3. The second kappa shape index (κ2) is 11.3. The van der Waals surface area contributed by atoms with Crippen molar-refractivity contribution in [3.05, 3.63) is 108 Å². The van der Waals surface area contributed by atoms with Gasteiger partial charge in [0.25, 0.3) is 0 Å². The van der Waals surface area contributed by atoms with Gasteiger partial charge in [-0.25, -0.2) is 9.13 Å². The number of hydrogen-bond acceptors (Lipinski definition) is 2. The first-order chi connectivity index (χ1) is 18.2. The fourth-order valence-electron chi connectivity index (χ4n) is 4.92. The Morgan fingerprint density at radius 2 is 1.05 bits per heavy atom. The quantitative estimate of drug-likeness (QED) is 0.293. The van der Waals surface area contributed by atoms with E-state index in [2.05, 4.69) is 96.5 Å². The van der Waals surface area contributed by atoms with E-state index in [1.165, 1.54) is 32.9 Å². The second-order valence-corrected chi connectivity index (χ2v) is 9.08. The van der Waals surface area contributed by atoms with Crippen molar-refractivity contribution in [3.63, 3.8) is 0 Å². The van der Waals surface area contributed by atoms with Crippen molar-refractivity contribution in [1.82, 2.24) is 4.57 Å². The summed E-state index contributed by atoms with van der Waals surface area (Å²) in [7, 11) is 0. The third-order valence-corrected chi connectivity index (χ3v) is 6.76. The molecular formula is C32H33N3O2+2. The molecule has 0 spiro atoms. The summed E-state index contributed by atoms with van der Waals surface area (Å²) in [6.45, 7) is 4.56. The van der Waals surface area contributed by atoms with E-state index >= 15 is 0 Å².